The first-order chi connectivity index (χ1) is 8.00. The van der Waals surface area contributed by atoms with Gasteiger partial charge in [0, 0.05) is 6.04 Å². The van der Waals surface area contributed by atoms with Gasteiger partial charge in [0.1, 0.15) is 0 Å². The molecule has 1 aromatic carbocycles. The van der Waals surface area contributed by atoms with Gasteiger partial charge in [-0.25, -0.2) is 0 Å². The minimum Gasteiger partial charge on any atom is -0.481 e. The lowest BCUT2D eigenvalue weighted by molar-refractivity contribution is -0.137. The molecule has 0 saturated carbocycles. The summed E-state index contributed by atoms with van der Waals surface area (Å²) in [4.78, 5) is 10.7. The zero-order valence-electron chi connectivity index (χ0n) is 9.20. The second-order valence-electron chi connectivity index (χ2n) is 3.84. The van der Waals surface area contributed by atoms with Crippen molar-refractivity contribution in [1.29, 1.82) is 0 Å². The number of carbonyl (C=O) groups is 1. The molecule has 1 unspecified atom stereocenters. The minimum absolute atomic E-state index is 0.118. The highest BCUT2D eigenvalue weighted by Crippen LogP contribution is 2.44. The van der Waals surface area contributed by atoms with Crippen molar-refractivity contribution in [2.24, 2.45) is 5.73 Å². The van der Waals surface area contributed by atoms with E-state index in [1.54, 1.807) is 6.07 Å². The van der Waals surface area contributed by atoms with Gasteiger partial charge < -0.3 is 20.3 Å². The second kappa shape index (κ2) is 4.54. The Morgan fingerprint density at radius 2 is 2.24 bits per heavy atom. The Hall–Kier alpha value is -1.27. The van der Waals surface area contributed by atoms with Crippen molar-refractivity contribution >= 4 is 21.9 Å². The van der Waals surface area contributed by atoms with Crippen molar-refractivity contribution in [3.8, 4) is 11.5 Å². The highest BCUT2D eigenvalue weighted by molar-refractivity contribution is 9.10. The molecule has 17 heavy (non-hydrogen) atoms. The van der Waals surface area contributed by atoms with Crippen LogP contribution in [-0.4, -0.2) is 17.9 Å². The van der Waals surface area contributed by atoms with Crippen LogP contribution in [0.25, 0.3) is 0 Å². The van der Waals surface area contributed by atoms with E-state index in [4.69, 9.17) is 20.3 Å². The summed E-state index contributed by atoms with van der Waals surface area (Å²) >= 11 is 3.36. The molecule has 92 valence electrons. The monoisotopic (exact) mass is 301 g/mol. The molecule has 1 aromatic rings. The van der Waals surface area contributed by atoms with E-state index in [2.05, 4.69) is 15.9 Å². The maximum atomic E-state index is 10.7. The molecule has 0 amide bonds. The molecule has 1 atom stereocenters. The number of nitrogens with two attached hydrogens (primary N) is 1. The number of benzene rings is 1. The fraction of sp³-hybridized carbons (Fsp3) is 0.364. The summed E-state index contributed by atoms with van der Waals surface area (Å²) < 4.78 is 11.4. The van der Waals surface area contributed by atoms with Crippen LogP contribution in [0, 0.1) is 6.92 Å². The molecule has 0 radical (unpaired) electrons. The Kier molecular flexibility index (Phi) is 3.26. The lowest BCUT2D eigenvalue weighted by Crippen LogP contribution is -2.16. The number of halogens is 1. The van der Waals surface area contributed by atoms with Crippen LogP contribution in [0.3, 0.4) is 0 Å². The van der Waals surface area contributed by atoms with Gasteiger partial charge in [0.15, 0.2) is 11.5 Å². The topological polar surface area (TPSA) is 81.8 Å². The smallest absolute Gasteiger partial charge is 0.305 e. The lowest BCUT2D eigenvalue weighted by atomic mass is 9.98. The molecule has 0 fully saturated rings. The quantitative estimate of drug-likeness (QED) is 0.892. The Bertz CT molecular complexity index is 475. The van der Waals surface area contributed by atoms with Gasteiger partial charge in [0.05, 0.1) is 10.9 Å². The van der Waals surface area contributed by atoms with Gasteiger partial charge in [-0.3, -0.25) is 4.79 Å². The molecular weight excluding hydrogens is 290 g/mol. The van der Waals surface area contributed by atoms with Crippen LogP contribution in [0.2, 0.25) is 0 Å². The lowest BCUT2D eigenvalue weighted by Gasteiger charge is -2.15. The number of carboxylic acids is 1. The second-order valence-corrected chi connectivity index (χ2v) is 4.70. The number of rotatable bonds is 3. The van der Waals surface area contributed by atoms with Gasteiger partial charge in [0.2, 0.25) is 6.79 Å². The highest BCUT2D eigenvalue weighted by atomic mass is 79.9. The molecule has 0 bridgehead atoms. The standard InChI is InChI=1S/C11H12BrNO4/c1-5-6(8(13)3-9(14)15)2-7(12)11-10(5)16-4-17-11/h2,8H,3-4,13H2,1H3,(H,14,15). The average Bonchev–Trinajstić information content (AvgIpc) is 2.71. The largest absolute Gasteiger partial charge is 0.481 e. The molecule has 0 aliphatic carbocycles. The summed E-state index contributed by atoms with van der Waals surface area (Å²) in [6, 6.07) is 1.23. The summed E-state index contributed by atoms with van der Waals surface area (Å²) in [6.45, 7) is 2.02. The summed E-state index contributed by atoms with van der Waals surface area (Å²) in [5.41, 5.74) is 7.44. The van der Waals surface area contributed by atoms with Crippen molar-refractivity contribution in [3.63, 3.8) is 0 Å². The summed E-state index contributed by atoms with van der Waals surface area (Å²) in [5, 5.41) is 8.75. The Morgan fingerprint density at radius 3 is 2.88 bits per heavy atom. The van der Waals surface area contributed by atoms with Gasteiger partial charge in [-0.1, -0.05) is 0 Å². The van der Waals surface area contributed by atoms with E-state index in [0.717, 1.165) is 15.6 Å². The highest BCUT2D eigenvalue weighted by Gasteiger charge is 2.24. The third kappa shape index (κ3) is 2.23. The molecule has 3 N–H and O–H groups in total. The number of fused-ring (bicyclic) bond motifs is 1. The van der Waals surface area contributed by atoms with Crippen LogP contribution in [0.4, 0.5) is 0 Å². The Labute approximate surface area is 107 Å². The first-order valence-corrected chi connectivity index (χ1v) is 5.86. The van der Waals surface area contributed by atoms with Gasteiger partial charge in [0.25, 0.3) is 0 Å². The third-order valence-electron chi connectivity index (χ3n) is 2.68. The SMILES string of the molecule is Cc1c(C(N)CC(=O)O)cc(Br)c2c1OCO2. The molecule has 2 rings (SSSR count). The van der Waals surface area contributed by atoms with Crippen molar-refractivity contribution in [2.45, 2.75) is 19.4 Å². The van der Waals surface area contributed by atoms with Crippen LogP contribution in [-0.2, 0) is 4.79 Å². The average molecular weight is 302 g/mol. The molecule has 1 aliphatic rings. The maximum Gasteiger partial charge on any atom is 0.305 e. The Morgan fingerprint density at radius 1 is 1.59 bits per heavy atom. The van der Waals surface area contributed by atoms with Crippen LogP contribution >= 0.6 is 15.9 Å². The normalized spacial score (nSPS) is 14.8. The number of carboxylic acid groups (broad SMARTS) is 1. The Balaban J connectivity index is 2.42. The van der Waals surface area contributed by atoms with Crippen molar-refractivity contribution in [1.82, 2.24) is 0 Å². The molecule has 1 aliphatic heterocycles. The van der Waals surface area contributed by atoms with Gasteiger partial charge in [-0.2, -0.15) is 0 Å². The zero-order chi connectivity index (χ0) is 12.6. The van der Waals surface area contributed by atoms with E-state index in [9.17, 15) is 4.79 Å². The van der Waals surface area contributed by atoms with Crippen LogP contribution in [0.15, 0.2) is 10.5 Å². The predicted molar refractivity (Wildman–Crippen MR) is 64.2 cm³/mol. The van der Waals surface area contributed by atoms with E-state index in [1.165, 1.54) is 0 Å². The molecule has 5 nitrogen and oxygen atoms in total. The maximum absolute atomic E-state index is 10.7. The van der Waals surface area contributed by atoms with E-state index in [-0.39, 0.29) is 13.2 Å². The fourth-order valence-electron chi connectivity index (χ4n) is 1.86. The summed E-state index contributed by atoms with van der Waals surface area (Å²) in [6.07, 6.45) is -0.118. The van der Waals surface area contributed by atoms with Crippen molar-refractivity contribution < 1.29 is 19.4 Å². The van der Waals surface area contributed by atoms with E-state index in [1.807, 2.05) is 6.92 Å². The first kappa shape index (κ1) is 12.2. The minimum atomic E-state index is -0.925. The van der Waals surface area contributed by atoms with Crippen LogP contribution in [0.5, 0.6) is 11.5 Å². The molecule has 0 saturated heterocycles. The van der Waals surface area contributed by atoms with Gasteiger partial charge in [-0.05, 0) is 40.0 Å². The molecule has 6 heteroatoms. The third-order valence-corrected chi connectivity index (χ3v) is 3.27. The first-order valence-electron chi connectivity index (χ1n) is 5.06. The number of aliphatic carboxylic acids is 1. The predicted octanol–water partition coefficient (Wildman–Crippen LogP) is 1.96. The number of hydrogen-bond acceptors (Lipinski definition) is 4. The zero-order valence-corrected chi connectivity index (χ0v) is 10.8. The summed E-state index contributed by atoms with van der Waals surface area (Å²) in [5.74, 6) is 0.356. The van der Waals surface area contributed by atoms with Crippen LogP contribution < -0.4 is 15.2 Å². The van der Waals surface area contributed by atoms with Crippen molar-refractivity contribution in [2.75, 3.05) is 6.79 Å². The van der Waals surface area contributed by atoms with Gasteiger partial charge >= 0.3 is 5.97 Å². The molecular formula is C11H12BrNO4. The van der Waals surface area contributed by atoms with E-state index < -0.39 is 12.0 Å². The molecule has 0 aromatic heterocycles. The van der Waals surface area contributed by atoms with E-state index >= 15 is 0 Å². The summed E-state index contributed by atoms with van der Waals surface area (Å²) in [7, 11) is 0. The van der Waals surface area contributed by atoms with E-state index in [0.29, 0.717) is 11.5 Å². The van der Waals surface area contributed by atoms with Crippen molar-refractivity contribution in [3.05, 3.63) is 21.7 Å². The number of hydrogen-bond donors (Lipinski definition) is 2. The molecule has 0 spiro atoms. The van der Waals surface area contributed by atoms with Crippen LogP contribution in [0.1, 0.15) is 23.6 Å². The molecule has 1 heterocycles. The van der Waals surface area contributed by atoms with Gasteiger partial charge in [-0.15, -0.1) is 0 Å². The number of ether oxygens (including phenoxy) is 2. The fourth-order valence-corrected chi connectivity index (χ4v) is 2.40.